The Bertz CT molecular complexity index is 658. The van der Waals surface area contributed by atoms with Crippen molar-refractivity contribution in [1.82, 2.24) is 14.9 Å². The first-order valence-electron chi connectivity index (χ1n) is 8.47. The summed E-state index contributed by atoms with van der Waals surface area (Å²) < 4.78 is 5.98. The van der Waals surface area contributed by atoms with Crippen LogP contribution >= 0.6 is 11.3 Å². The average Bonchev–Trinajstić information content (AvgIpc) is 2.98. The third kappa shape index (κ3) is 4.53. The molecular formula is C18H26N4OS. The van der Waals surface area contributed by atoms with Crippen molar-refractivity contribution in [3.8, 4) is 0 Å². The van der Waals surface area contributed by atoms with E-state index in [1.807, 2.05) is 30.7 Å². The van der Waals surface area contributed by atoms with E-state index in [1.165, 1.54) is 10.4 Å². The normalized spacial score (nSPS) is 18.7. The molecule has 1 atom stereocenters. The number of pyridine rings is 1. The monoisotopic (exact) mass is 346 g/mol. The molecule has 0 N–H and O–H groups in total. The Hall–Kier alpha value is -1.50. The molecule has 5 nitrogen and oxygen atoms in total. The van der Waals surface area contributed by atoms with Gasteiger partial charge in [0, 0.05) is 44.8 Å². The predicted molar refractivity (Wildman–Crippen MR) is 98.8 cm³/mol. The molecule has 0 aromatic carbocycles. The summed E-state index contributed by atoms with van der Waals surface area (Å²) in [5.41, 5.74) is 4.43. The Balaban J connectivity index is 1.52. The molecule has 0 amide bonds. The maximum atomic E-state index is 5.98. The second-order valence-electron chi connectivity index (χ2n) is 6.54. The van der Waals surface area contributed by atoms with Gasteiger partial charge in [0.15, 0.2) is 0 Å². The molecule has 0 radical (unpaired) electrons. The van der Waals surface area contributed by atoms with Gasteiger partial charge in [0.1, 0.15) is 5.82 Å². The van der Waals surface area contributed by atoms with Crippen LogP contribution in [0.5, 0.6) is 0 Å². The summed E-state index contributed by atoms with van der Waals surface area (Å²) in [5, 5.41) is 0. The van der Waals surface area contributed by atoms with Gasteiger partial charge in [-0.25, -0.2) is 9.97 Å². The third-order valence-electron chi connectivity index (χ3n) is 4.46. The van der Waals surface area contributed by atoms with E-state index < -0.39 is 0 Å². The Kier molecular flexibility index (Phi) is 5.81. The summed E-state index contributed by atoms with van der Waals surface area (Å²) in [6, 6.07) is 4.27. The fourth-order valence-electron chi connectivity index (χ4n) is 2.97. The van der Waals surface area contributed by atoms with Crippen molar-refractivity contribution in [2.24, 2.45) is 0 Å². The van der Waals surface area contributed by atoms with E-state index in [2.05, 4.69) is 33.9 Å². The predicted octanol–water partition coefficient (Wildman–Crippen LogP) is 2.75. The van der Waals surface area contributed by atoms with Crippen LogP contribution in [0.4, 0.5) is 5.82 Å². The van der Waals surface area contributed by atoms with E-state index in [9.17, 15) is 0 Å². The van der Waals surface area contributed by atoms with Crippen LogP contribution in [0.15, 0.2) is 23.8 Å². The van der Waals surface area contributed by atoms with Gasteiger partial charge in [-0.2, -0.15) is 0 Å². The van der Waals surface area contributed by atoms with E-state index in [0.29, 0.717) is 6.10 Å². The Morgan fingerprint density at radius 3 is 3.00 bits per heavy atom. The van der Waals surface area contributed by atoms with Crippen molar-refractivity contribution < 1.29 is 4.74 Å². The number of hydrogen-bond acceptors (Lipinski definition) is 6. The number of ether oxygens (including phenoxy) is 1. The molecule has 0 bridgehead atoms. The lowest BCUT2D eigenvalue weighted by Crippen LogP contribution is -2.42. The van der Waals surface area contributed by atoms with Gasteiger partial charge in [-0.15, -0.1) is 11.3 Å². The van der Waals surface area contributed by atoms with Crippen LogP contribution in [-0.2, 0) is 17.7 Å². The van der Waals surface area contributed by atoms with Crippen LogP contribution in [0.1, 0.15) is 22.6 Å². The standard InChI is InChI=1S/C18H26N4OS/c1-14-17(24-13-20-14)12-22-8-9-23-16(11-22)5-4-15-6-7-19-18(10-15)21(2)3/h6-7,10,13,16H,4-5,8-9,11-12H2,1-3H3/t16-/m1/s1. The molecule has 3 rings (SSSR count). The Morgan fingerprint density at radius 2 is 2.25 bits per heavy atom. The first kappa shape index (κ1) is 17.3. The Morgan fingerprint density at radius 1 is 1.38 bits per heavy atom. The lowest BCUT2D eigenvalue weighted by molar-refractivity contribution is -0.0343. The summed E-state index contributed by atoms with van der Waals surface area (Å²) in [4.78, 5) is 14.6. The minimum atomic E-state index is 0.308. The van der Waals surface area contributed by atoms with E-state index in [1.54, 1.807) is 11.3 Å². The topological polar surface area (TPSA) is 41.5 Å². The van der Waals surface area contributed by atoms with Gasteiger partial charge in [0.25, 0.3) is 0 Å². The van der Waals surface area contributed by atoms with Gasteiger partial charge in [-0.1, -0.05) is 0 Å². The summed E-state index contributed by atoms with van der Waals surface area (Å²) in [6.45, 7) is 5.92. The van der Waals surface area contributed by atoms with Crippen LogP contribution in [0, 0.1) is 6.92 Å². The second kappa shape index (κ2) is 8.05. The van der Waals surface area contributed by atoms with Gasteiger partial charge in [0.05, 0.1) is 23.9 Å². The molecule has 0 spiro atoms. The molecule has 0 aliphatic carbocycles. The van der Waals surface area contributed by atoms with Crippen molar-refractivity contribution in [3.63, 3.8) is 0 Å². The van der Waals surface area contributed by atoms with Crippen molar-refractivity contribution >= 4 is 17.2 Å². The smallest absolute Gasteiger partial charge is 0.128 e. The van der Waals surface area contributed by atoms with Crippen molar-refractivity contribution in [2.45, 2.75) is 32.4 Å². The van der Waals surface area contributed by atoms with Crippen LogP contribution in [0.3, 0.4) is 0 Å². The first-order valence-corrected chi connectivity index (χ1v) is 9.35. The fraction of sp³-hybridized carbons (Fsp3) is 0.556. The maximum Gasteiger partial charge on any atom is 0.128 e. The van der Waals surface area contributed by atoms with Crippen molar-refractivity contribution in [1.29, 1.82) is 0 Å². The summed E-state index contributed by atoms with van der Waals surface area (Å²) in [5.74, 6) is 1.01. The van der Waals surface area contributed by atoms with Gasteiger partial charge in [-0.05, 0) is 37.5 Å². The first-order chi connectivity index (χ1) is 11.6. The van der Waals surface area contributed by atoms with E-state index in [0.717, 1.165) is 50.6 Å². The molecule has 0 saturated carbocycles. The fourth-order valence-corrected chi connectivity index (χ4v) is 3.79. The minimum absolute atomic E-state index is 0.308. The molecule has 1 aliphatic rings. The highest BCUT2D eigenvalue weighted by Gasteiger charge is 2.21. The largest absolute Gasteiger partial charge is 0.376 e. The quantitative estimate of drug-likeness (QED) is 0.804. The summed E-state index contributed by atoms with van der Waals surface area (Å²) in [6.07, 6.45) is 4.28. The Labute approximate surface area is 148 Å². The molecule has 3 heterocycles. The average molecular weight is 347 g/mol. The molecule has 1 fully saturated rings. The highest BCUT2D eigenvalue weighted by atomic mass is 32.1. The number of anilines is 1. The van der Waals surface area contributed by atoms with E-state index in [4.69, 9.17) is 4.74 Å². The number of hydrogen-bond donors (Lipinski definition) is 0. The van der Waals surface area contributed by atoms with Crippen LogP contribution < -0.4 is 4.90 Å². The lowest BCUT2D eigenvalue weighted by Gasteiger charge is -2.32. The summed E-state index contributed by atoms with van der Waals surface area (Å²) >= 11 is 1.75. The minimum Gasteiger partial charge on any atom is -0.376 e. The number of rotatable bonds is 6. The maximum absolute atomic E-state index is 5.98. The molecule has 6 heteroatoms. The number of morpholine rings is 1. The number of aryl methyl sites for hydroxylation is 2. The van der Waals surface area contributed by atoms with Crippen LogP contribution in [0.2, 0.25) is 0 Å². The molecule has 1 aliphatic heterocycles. The van der Waals surface area contributed by atoms with Crippen molar-refractivity contribution in [3.05, 3.63) is 40.0 Å². The van der Waals surface area contributed by atoms with E-state index >= 15 is 0 Å². The molecule has 1 saturated heterocycles. The molecule has 130 valence electrons. The SMILES string of the molecule is Cc1ncsc1CN1CCO[C@H](CCc2ccnc(N(C)C)c2)C1. The zero-order chi connectivity index (χ0) is 16.9. The van der Waals surface area contributed by atoms with Crippen molar-refractivity contribution in [2.75, 3.05) is 38.7 Å². The molecule has 2 aromatic heterocycles. The van der Waals surface area contributed by atoms with Gasteiger partial charge >= 0.3 is 0 Å². The zero-order valence-corrected chi connectivity index (χ0v) is 15.6. The third-order valence-corrected chi connectivity index (χ3v) is 5.38. The van der Waals surface area contributed by atoms with Crippen LogP contribution in [0.25, 0.3) is 0 Å². The lowest BCUT2D eigenvalue weighted by atomic mass is 10.1. The number of nitrogens with zero attached hydrogens (tertiary/aromatic N) is 4. The van der Waals surface area contributed by atoms with E-state index in [-0.39, 0.29) is 0 Å². The molecule has 24 heavy (non-hydrogen) atoms. The van der Waals surface area contributed by atoms with Crippen LogP contribution in [-0.4, -0.2) is 54.8 Å². The van der Waals surface area contributed by atoms with Gasteiger partial charge in [-0.3, -0.25) is 4.90 Å². The number of aromatic nitrogens is 2. The molecule has 2 aromatic rings. The van der Waals surface area contributed by atoms with Gasteiger partial charge in [0.2, 0.25) is 0 Å². The number of thiazole rings is 1. The molecular weight excluding hydrogens is 320 g/mol. The molecule has 0 unspecified atom stereocenters. The zero-order valence-electron chi connectivity index (χ0n) is 14.7. The summed E-state index contributed by atoms with van der Waals surface area (Å²) in [7, 11) is 4.05. The highest BCUT2D eigenvalue weighted by molar-refractivity contribution is 7.09. The van der Waals surface area contributed by atoms with Gasteiger partial charge < -0.3 is 9.64 Å². The highest BCUT2D eigenvalue weighted by Crippen LogP contribution is 2.19. The second-order valence-corrected chi connectivity index (χ2v) is 7.48.